The first kappa shape index (κ1) is 12.6. The van der Waals surface area contributed by atoms with E-state index >= 15 is 0 Å². The molecule has 0 amide bonds. The van der Waals surface area contributed by atoms with Crippen molar-refractivity contribution in [2.45, 2.75) is 12.8 Å². The minimum atomic E-state index is 0.633. The number of nitrogens with one attached hydrogen (secondary N) is 1. The summed E-state index contributed by atoms with van der Waals surface area (Å²) in [6.45, 7) is 0. The van der Waals surface area contributed by atoms with Crippen molar-refractivity contribution >= 4 is 40.3 Å². The maximum atomic E-state index is 9.43. The SMILES string of the molecule is N#CC(=C1SCCCCS1)c1nc2ncccc2[nH]1. The van der Waals surface area contributed by atoms with Crippen molar-refractivity contribution < 1.29 is 0 Å². The molecule has 0 bridgehead atoms. The number of rotatable bonds is 1. The Hall–Kier alpha value is -1.45. The first-order chi connectivity index (χ1) is 9.38. The van der Waals surface area contributed by atoms with Crippen LogP contribution in [0.1, 0.15) is 18.7 Å². The summed E-state index contributed by atoms with van der Waals surface area (Å²) in [6, 6.07) is 6.08. The molecular weight excluding hydrogens is 276 g/mol. The van der Waals surface area contributed by atoms with Crippen molar-refractivity contribution in [3.63, 3.8) is 0 Å². The van der Waals surface area contributed by atoms with Crippen LogP contribution in [0.2, 0.25) is 0 Å². The van der Waals surface area contributed by atoms with E-state index in [0.29, 0.717) is 17.0 Å². The summed E-state index contributed by atoms with van der Waals surface area (Å²) in [4.78, 5) is 11.8. The van der Waals surface area contributed by atoms with Gasteiger partial charge in [0, 0.05) is 6.20 Å². The predicted octanol–water partition coefficient (Wildman–Crippen LogP) is 3.41. The predicted molar refractivity (Wildman–Crippen MR) is 80.6 cm³/mol. The van der Waals surface area contributed by atoms with Crippen molar-refractivity contribution in [1.29, 1.82) is 5.26 Å². The third-order valence-electron chi connectivity index (χ3n) is 2.82. The molecule has 0 aromatic carbocycles. The Morgan fingerprint density at radius 2 is 2.11 bits per heavy atom. The number of hydrogen-bond acceptors (Lipinski definition) is 5. The minimum Gasteiger partial charge on any atom is -0.336 e. The number of nitrogens with zero attached hydrogens (tertiary/aromatic N) is 3. The van der Waals surface area contributed by atoms with E-state index in [4.69, 9.17) is 0 Å². The summed E-state index contributed by atoms with van der Waals surface area (Å²) in [6.07, 6.45) is 4.13. The van der Waals surface area contributed by atoms with Crippen LogP contribution in [-0.2, 0) is 0 Å². The second kappa shape index (κ2) is 5.68. The maximum Gasteiger partial charge on any atom is 0.178 e. The second-order valence-electron chi connectivity index (χ2n) is 4.14. The molecule has 0 unspecified atom stereocenters. The quantitative estimate of drug-likeness (QED) is 0.815. The van der Waals surface area contributed by atoms with E-state index in [0.717, 1.165) is 21.3 Å². The van der Waals surface area contributed by atoms with E-state index in [1.165, 1.54) is 12.8 Å². The Bertz CT molecular complexity index is 626. The highest BCUT2D eigenvalue weighted by atomic mass is 32.2. The fraction of sp³-hybridized carbons (Fsp3) is 0.308. The Morgan fingerprint density at radius 1 is 1.32 bits per heavy atom. The number of H-pyrrole nitrogens is 1. The van der Waals surface area contributed by atoms with Gasteiger partial charge in [-0.05, 0) is 36.5 Å². The van der Waals surface area contributed by atoms with E-state index in [1.54, 1.807) is 29.7 Å². The number of aromatic nitrogens is 3. The van der Waals surface area contributed by atoms with Crippen molar-refractivity contribution in [3.8, 4) is 6.07 Å². The second-order valence-corrected chi connectivity index (χ2v) is 6.61. The van der Waals surface area contributed by atoms with Crippen LogP contribution in [0.5, 0.6) is 0 Å². The first-order valence-electron chi connectivity index (χ1n) is 6.09. The summed E-state index contributed by atoms with van der Waals surface area (Å²) in [7, 11) is 0. The lowest BCUT2D eigenvalue weighted by molar-refractivity contribution is 0.912. The molecule has 0 atom stereocenters. The molecule has 0 spiro atoms. The van der Waals surface area contributed by atoms with Gasteiger partial charge in [0.25, 0.3) is 0 Å². The number of hydrogen-bond donors (Lipinski definition) is 1. The number of fused-ring (bicyclic) bond motifs is 1. The smallest absolute Gasteiger partial charge is 0.178 e. The molecule has 2 aromatic rings. The molecule has 1 aliphatic rings. The zero-order chi connectivity index (χ0) is 13.1. The molecule has 2 aromatic heterocycles. The normalized spacial score (nSPS) is 16.1. The lowest BCUT2D eigenvalue weighted by Gasteiger charge is -2.03. The molecule has 0 saturated carbocycles. The Kier molecular flexibility index (Phi) is 3.76. The number of pyridine rings is 1. The molecule has 1 aliphatic heterocycles. The van der Waals surface area contributed by atoms with Crippen LogP contribution in [0.3, 0.4) is 0 Å². The molecule has 96 valence electrons. The van der Waals surface area contributed by atoms with Crippen LogP contribution in [0.4, 0.5) is 0 Å². The molecule has 0 radical (unpaired) electrons. The van der Waals surface area contributed by atoms with Crippen molar-refractivity contribution in [1.82, 2.24) is 15.0 Å². The highest BCUT2D eigenvalue weighted by Crippen LogP contribution is 2.38. The monoisotopic (exact) mass is 288 g/mol. The van der Waals surface area contributed by atoms with Gasteiger partial charge in [-0.25, -0.2) is 9.97 Å². The fourth-order valence-electron chi connectivity index (χ4n) is 1.88. The highest BCUT2D eigenvalue weighted by Gasteiger charge is 2.16. The lowest BCUT2D eigenvalue weighted by Crippen LogP contribution is -1.88. The van der Waals surface area contributed by atoms with Gasteiger partial charge in [0.05, 0.1) is 9.75 Å². The number of aromatic amines is 1. The van der Waals surface area contributed by atoms with Crippen LogP contribution >= 0.6 is 23.5 Å². The lowest BCUT2D eigenvalue weighted by atomic mass is 10.3. The third-order valence-corrected chi connectivity index (χ3v) is 5.44. The average Bonchev–Trinajstić information content (AvgIpc) is 2.67. The molecule has 4 nitrogen and oxygen atoms in total. The summed E-state index contributed by atoms with van der Waals surface area (Å²) < 4.78 is 1.08. The Balaban J connectivity index is 2.06. The van der Waals surface area contributed by atoms with Crippen LogP contribution in [-0.4, -0.2) is 26.5 Å². The van der Waals surface area contributed by atoms with Gasteiger partial charge in [-0.15, -0.1) is 23.5 Å². The largest absolute Gasteiger partial charge is 0.336 e. The van der Waals surface area contributed by atoms with E-state index in [-0.39, 0.29) is 0 Å². The number of nitriles is 1. The Morgan fingerprint density at radius 3 is 2.79 bits per heavy atom. The maximum absolute atomic E-state index is 9.43. The molecule has 3 heterocycles. The van der Waals surface area contributed by atoms with Gasteiger partial charge in [-0.1, -0.05) is 0 Å². The van der Waals surface area contributed by atoms with Gasteiger partial charge >= 0.3 is 0 Å². The van der Waals surface area contributed by atoms with E-state index in [1.807, 2.05) is 12.1 Å². The summed E-state index contributed by atoms with van der Waals surface area (Å²) >= 11 is 3.52. The summed E-state index contributed by atoms with van der Waals surface area (Å²) in [5.41, 5.74) is 2.18. The molecule has 0 aliphatic carbocycles. The van der Waals surface area contributed by atoms with Crippen molar-refractivity contribution in [2.75, 3.05) is 11.5 Å². The fourth-order valence-corrected chi connectivity index (χ4v) is 4.35. The van der Waals surface area contributed by atoms with Gasteiger partial charge in [-0.3, -0.25) is 0 Å². The summed E-state index contributed by atoms with van der Waals surface area (Å²) in [5.74, 6) is 2.78. The summed E-state index contributed by atoms with van der Waals surface area (Å²) in [5, 5.41) is 9.43. The molecule has 1 saturated heterocycles. The van der Waals surface area contributed by atoms with Gasteiger partial charge in [-0.2, -0.15) is 5.26 Å². The standard InChI is InChI=1S/C13H12N4S2/c14-8-9(13-18-6-1-2-7-19-13)11-16-10-4-3-5-15-12(10)17-11/h3-5H,1-2,6-7H2,(H,15,16,17). The highest BCUT2D eigenvalue weighted by molar-refractivity contribution is 8.22. The molecule has 19 heavy (non-hydrogen) atoms. The van der Waals surface area contributed by atoms with Gasteiger partial charge in [0.15, 0.2) is 11.5 Å². The van der Waals surface area contributed by atoms with Gasteiger partial charge in [0.2, 0.25) is 0 Å². The van der Waals surface area contributed by atoms with Crippen LogP contribution in [0.25, 0.3) is 16.7 Å². The van der Waals surface area contributed by atoms with E-state index in [2.05, 4.69) is 21.0 Å². The third kappa shape index (κ3) is 2.62. The molecular formula is C13H12N4S2. The number of imidazole rings is 1. The Labute approximate surface area is 119 Å². The van der Waals surface area contributed by atoms with Gasteiger partial charge < -0.3 is 4.98 Å². The average molecular weight is 288 g/mol. The molecule has 6 heteroatoms. The van der Waals surface area contributed by atoms with Crippen LogP contribution < -0.4 is 0 Å². The number of allylic oxidation sites excluding steroid dienone is 1. The van der Waals surface area contributed by atoms with Crippen LogP contribution in [0.15, 0.2) is 22.6 Å². The molecule has 3 rings (SSSR count). The van der Waals surface area contributed by atoms with E-state index < -0.39 is 0 Å². The molecule has 1 fully saturated rings. The topological polar surface area (TPSA) is 65.4 Å². The minimum absolute atomic E-state index is 0.633. The zero-order valence-corrected chi connectivity index (χ0v) is 11.9. The zero-order valence-electron chi connectivity index (χ0n) is 10.2. The van der Waals surface area contributed by atoms with Crippen molar-refractivity contribution in [3.05, 3.63) is 28.4 Å². The van der Waals surface area contributed by atoms with E-state index in [9.17, 15) is 5.26 Å². The first-order valence-corrected chi connectivity index (χ1v) is 8.06. The number of thioether (sulfide) groups is 2. The van der Waals surface area contributed by atoms with Crippen molar-refractivity contribution in [2.24, 2.45) is 0 Å². The van der Waals surface area contributed by atoms with Gasteiger partial charge in [0.1, 0.15) is 11.6 Å². The molecule has 1 N–H and O–H groups in total. The van der Waals surface area contributed by atoms with Crippen LogP contribution in [0, 0.1) is 11.3 Å².